The molecule has 0 bridgehead atoms. The summed E-state index contributed by atoms with van der Waals surface area (Å²) >= 11 is 3.71. The molecular weight excluding hydrogens is 228 g/mol. The molecule has 13 heavy (non-hydrogen) atoms. The van der Waals surface area contributed by atoms with Gasteiger partial charge in [0.05, 0.1) is 6.33 Å². The van der Waals surface area contributed by atoms with Gasteiger partial charge in [0.1, 0.15) is 0 Å². The highest BCUT2D eigenvalue weighted by Crippen LogP contribution is 2.34. The Morgan fingerprint density at radius 1 is 1.62 bits per heavy atom. The molecule has 2 rings (SSSR count). The van der Waals surface area contributed by atoms with Gasteiger partial charge in [0.2, 0.25) is 0 Å². The lowest BCUT2D eigenvalue weighted by Gasteiger charge is -2.25. The molecule has 0 fully saturated rings. The molecule has 0 saturated heterocycles. The van der Waals surface area contributed by atoms with Gasteiger partial charge in [-0.2, -0.15) is 0 Å². The van der Waals surface area contributed by atoms with E-state index in [0.717, 1.165) is 6.42 Å². The molecule has 0 aliphatic heterocycles. The van der Waals surface area contributed by atoms with Crippen molar-refractivity contribution in [2.75, 3.05) is 0 Å². The number of hydrogen-bond donors (Lipinski definition) is 0. The SMILES string of the molecule is CC1(Br)C=C(n2ccnc2)CCC1. The number of alkyl halides is 1. The third-order valence-corrected chi connectivity index (χ3v) is 3.03. The van der Waals surface area contributed by atoms with E-state index in [9.17, 15) is 0 Å². The molecule has 70 valence electrons. The Hall–Kier alpha value is -0.570. The summed E-state index contributed by atoms with van der Waals surface area (Å²) in [6.45, 7) is 2.21. The third-order valence-electron chi connectivity index (χ3n) is 2.40. The van der Waals surface area contributed by atoms with E-state index < -0.39 is 0 Å². The summed E-state index contributed by atoms with van der Waals surface area (Å²) in [6, 6.07) is 0. The van der Waals surface area contributed by atoms with E-state index in [1.807, 2.05) is 18.7 Å². The standard InChI is InChI=1S/C10H13BrN2/c1-10(11)4-2-3-9(7-10)13-6-5-12-8-13/h5-8H,2-4H2,1H3. The third kappa shape index (κ3) is 2.02. The molecule has 0 amide bonds. The van der Waals surface area contributed by atoms with Crippen molar-refractivity contribution in [2.45, 2.75) is 30.5 Å². The Morgan fingerprint density at radius 3 is 3.08 bits per heavy atom. The van der Waals surface area contributed by atoms with Gasteiger partial charge in [-0.15, -0.1) is 0 Å². The van der Waals surface area contributed by atoms with Crippen LogP contribution in [0.2, 0.25) is 0 Å². The summed E-state index contributed by atoms with van der Waals surface area (Å²) in [5, 5.41) is 0. The van der Waals surface area contributed by atoms with E-state index in [4.69, 9.17) is 0 Å². The predicted molar refractivity (Wildman–Crippen MR) is 57.7 cm³/mol. The van der Waals surface area contributed by atoms with Gasteiger partial charge in [0.15, 0.2) is 0 Å². The zero-order valence-electron chi connectivity index (χ0n) is 7.70. The Labute approximate surface area is 86.8 Å². The zero-order valence-corrected chi connectivity index (χ0v) is 9.29. The Bertz CT molecular complexity index is 312. The second-order valence-electron chi connectivity index (χ2n) is 3.74. The smallest absolute Gasteiger partial charge is 0.0989 e. The molecule has 0 spiro atoms. The van der Waals surface area contributed by atoms with E-state index in [1.165, 1.54) is 18.5 Å². The van der Waals surface area contributed by atoms with Crippen molar-refractivity contribution < 1.29 is 0 Å². The van der Waals surface area contributed by atoms with Gasteiger partial charge >= 0.3 is 0 Å². The van der Waals surface area contributed by atoms with E-state index in [1.54, 1.807) is 0 Å². The highest BCUT2D eigenvalue weighted by molar-refractivity contribution is 9.10. The minimum atomic E-state index is 0.171. The fourth-order valence-electron chi connectivity index (χ4n) is 1.74. The number of hydrogen-bond acceptors (Lipinski definition) is 1. The summed E-state index contributed by atoms with van der Waals surface area (Å²) in [5.74, 6) is 0. The Balaban J connectivity index is 2.29. The molecule has 3 heteroatoms. The second kappa shape index (κ2) is 3.29. The first-order valence-electron chi connectivity index (χ1n) is 4.56. The number of aromatic nitrogens is 2. The number of rotatable bonds is 1. The number of allylic oxidation sites excluding steroid dienone is 2. The monoisotopic (exact) mass is 240 g/mol. The van der Waals surface area contributed by atoms with Crippen LogP contribution >= 0.6 is 15.9 Å². The molecule has 1 unspecified atom stereocenters. The summed E-state index contributed by atoms with van der Waals surface area (Å²) in [4.78, 5) is 4.05. The molecule has 0 aromatic carbocycles. The molecule has 1 aliphatic carbocycles. The van der Waals surface area contributed by atoms with E-state index >= 15 is 0 Å². The quantitative estimate of drug-likeness (QED) is 0.691. The van der Waals surface area contributed by atoms with Crippen LogP contribution in [0.15, 0.2) is 24.8 Å². The average Bonchev–Trinajstić information content (AvgIpc) is 2.53. The van der Waals surface area contributed by atoms with Crippen molar-refractivity contribution in [3.05, 3.63) is 24.8 Å². The lowest BCUT2D eigenvalue weighted by atomic mass is 9.95. The molecule has 1 aliphatic rings. The second-order valence-corrected chi connectivity index (χ2v) is 5.55. The van der Waals surface area contributed by atoms with Crippen LogP contribution in [0.4, 0.5) is 0 Å². The minimum Gasteiger partial charge on any atom is -0.310 e. The lowest BCUT2D eigenvalue weighted by molar-refractivity contribution is 0.630. The fraction of sp³-hybridized carbons (Fsp3) is 0.500. The first-order valence-corrected chi connectivity index (χ1v) is 5.36. The predicted octanol–water partition coefficient (Wildman–Crippen LogP) is 3.06. The normalized spacial score (nSPS) is 28.6. The van der Waals surface area contributed by atoms with Crippen LogP contribution in [-0.4, -0.2) is 13.9 Å². The van der Waals surface area contributed by atoms with Gasteiger partial charge in [-0.3, -0.25) is 0 Å². The highest BCUT2D eigenvalue weighted by atomic mass is 79.9. The molecule has 2 nitrogen and oxygen atoms in total. The van der Waals surface area contributed by atoms with Crippen molar-refractivity contribution >= 4 is 21.6 Å². The van der Waals surface area contributed by atoms with Crippen molar-refractivity contribution in [3.63, 3.8) is 0 Å². The number of nitrogens with zero attached hydrogens (tertiary/aromatic N) is 2. The maximum atomic E-state index is 4.05. The number of halogens is 1. The maximum absolute atomic E-state index is 4.05. The Morgan fingerprint density at radius 2 is 2.46 bits per heavy atom. The van der Waals surface area contributed by atoms with Crippen molar-refractivity contribution in [1.29, 1.82) is 0 Å². The molecule has 1 aromatic heterocycles. The lowest BCUT2D eigenvalue weighted by Crippen LogP contribution is -2.17. The number of imidazole rings is 1. The van der Waals surface area contributed by atoms with Crippen molar-refractivity contribution in [2.24, 2.45) is 0 Å². The van der Waals surface area contributed by atoms with Gasteiger partial charge in [-0.1, -0.05) is 15.9 Å². The first kappa shape index (κ1) is 9.00. The summed E-state index contributed by atoms with van der Waals surface area (Å²) < 4.78 is 2.27. The van der Waals surface area contributed by atoms with Crippen molar-refractivity contribution in [3.8, 4) is 0 Å². The Kier molecular flexibility index (Phi) is 2.28. The molecule has 0 radical (unpaired) electrons. The van der Waals surface area contributed by atoms with E-state index in [-0.39, 0.29) is 4.32 Å². The topological polar surface area (TPSA) is 17.8 Å². The van der Waals surface area contributed by atoms with Crippen LogP contribution in [-0.2, 0) is 0 Å². The summed E-state index contributed by atoms with van der Waals surface area (Å²) in [6.07, 6.45) is 11.6. The molecular formula is C10H13BrN2. The fourth-order valence-corrected chi connectivity index (χ4v) is 2.28. The van der Waals surface area contributed by atoms with E-state index in [0.29, 0.717) is 0 Å². The van der Waals surface area contributed by atoms with Crippen LogP contribution in [0.25, 0.3) is 5.70 Å². The van der Waals surface area contributed by atoms with E-state index in [2.05, 4.69) is 38.5 Å². The van der Waals surface area contributed by atoms with Gasteiger partial charge < -0.3 is 4.57 Å². The van der Waals surface area contributed by atoms with Gasteiger partial charge in [-0.25, -0.2) is 4.98 Å². The highest BCUT2D eigenvalue weighted by Gasteiger charge is 2.22. The van der Waals surface area contributed by atoms with Crippen LogP contribution in [0.5, 0.6) is 0 Å². The zero-order chi connectivity index (χ0) is 9.31. The van der Waals surface area contributed by atoms with Crippen LogP contribution in [0.1, 0.15) is 26.2 Å². The summed E-state index contributed by atoms with van der Waals surface area (Å²) in [7, 11) is 0. The van der Waals surface area contributed by atoms with Crippen LogP contribution < -0.4 is 0 Å². The molecule has 0 saturated carbocycles. The maximum Gasteiger partial charge on any atom is 0.0989 e. The largest absolute Gasteiger partial charge is 0.310 e. The van der Waals surface area contributed by atoms with Gasteiger partial charge in [-0.05, 0) is 32.3 Å². The van der Waals surface area contributed by atoms with Gasteiger partial charge in [0.25, 0.3) is 0 Å². The molecule has 0 N–H and O–H groups in total. The first-order chi connectivity index (χ1) is 6.17. The molecule has 1 aromatic rings. The average molecular weight is 241 g/mol. The van der Waals surface area contributed by atoms with Crippen molar-refractivity contribution in [1.82, 2.24) is 9.55 Å². The van der Waals surface area contributed by atoms with Gasteiger partial charge in [0, 0.05) is 22.4 Å². The minimum absolute atomic E-state index is 0.171. The molecule has 1 heterocycles. The summed E-state index contributed by atoms with van der Waals surface area (Å²) in [5.41, 5.74) is 1.35. The van der Waals surface area contributed by atoms with Crippen LogP contribution in [0, 0.1) is 0 Å². The molecule has 1 atom stereocenters. The van der Waals surface area contributed by atoms with Crippen LogP contribution in [0.3, 0.4) is 0 Å².